The lowest BCUT2D eigenvalue weighted by Gasteiger charge is -2.06. The van der Waals surface area contributed by atoms with Crippen LogP contribution in [0.2, 0.25) is 0 Å². The fraction of sp³-hybridized carbons (Fsp3) is 0.125. The van der Waals surface area contributed by atoms with E-state index in [9.17, 15) is 9.59 Å². The van der Waals surface area contributed by atoms with Crippen molar-refractivity contribution >= 4 is 23.8 Å². The normalized spacial score (nSPS) is 10.6. The Hall–Kier alpha value is -3.93. The second kappa shape index (κ2) is 10.0. The molecule has 0 aromatic heterocycles. The monoisotopic (exact) mass is 403 g/mol. The minimum absolute atomic E-state index is 0.301. The average Bonchev–Trinajstić information content (AvgIpc) is 2.79. The number of hydrogen-bond acceptors (Lipinski definition) is 6. The molecule has 0 bridgehead atoms. The Kier molecular flexibility index (Phi) is 6.95. The second-order valence-corrected chi connectivity index (χ2v) is 6.21. The van der Waals surface area contributed by atoms with Crippen LogP contribution in [-0.2, 0) is 4.74 Å². The molecular formula is C24H21NO5. The third kappa shape index (κ3) is 5.54. The zero-order valence-electron chi connectivity index (χ0n) is 16.7. The molecule has 0 heterocycles. The van der Waals surface area contributed by atoms with Crippen LogP contribution >= 0.6 is 0 Å². The maximum Gasteiger partial charge on any atom is 0.343 e. The highest BCUT2D eigenvalue weighted by Crippen LogP contribution is 2.18. The van der Waals surface area contributed by atoms with E-state index in [2.05, 4.69) is 4.99 Å². The molecular weight excluding hydrogens is 382 g/mol. The molecule has 0 N–H and O–H groups in total. The van der Waals surface area contributed by atoms with E-state index in [-0.39, 0.29) is 0 Å². The van der Waals surface area contributed by atoms with Gasteiger partial charge in [-0.3, -0.25) is 4.99 Å². The predicted molar refractivity (Wildman–Crippen MR) is 114 cm³/mol. The van der Waals surface area contributed by atoms with Gasteiger partial charge in [0.2, 0.25) is 0 Å². The SMILES string of the molecule is CCOC(=O)c1ccc(OC(=O)c2ccc(N=Cc3ccc(OC)cc3)cc2)cc1. The molecule has 3 aromatic carbocycles. The minimum Gasteiger partial charge on any atom is -0.497 e. The van der Waals surface area contributed by atoms with E-state index in [1.165, 1.54) is 0 Å². The fourth-order valence-electron chi connectivity index (χ4n) is 2.56. The van der Waals surface area contributed by atoms with Crippen molar-refractivity contribution in [1.82, 2.24) is 0 Å². The zero-order chi connectivity index (χ0) is 21.3. The lowest BCUT2D eigenvalue weighted by molar-refractivity contribution is 0.0526. The van der Waals surface area contributed by atoms with Crippen LogP contribution in [0.5, 0.6) is 11.5 Å². The molecule has 6 nitrogen and oxygen atoms in total. The lowest BCUT2D eigenvalue weighted by atomic mass is 10.2. The van der Waals surface area contributed by atoms with E-state index in [4.69, 9.17) is 14.2 Å². The van der Waals surface area contributed by atoms with Crippen molar-refractivity contribution in [2.24, 2.45) is 4.99 Å². The van der Waals surface area contributed by atoms with Crippen molar-refractivity contribution in [3.8, 4) is 11.5 Å². The highest BCUT2D eigenvalue weighted by atomic mass is 16.5. The first kappa shape index (κ1) is 20.8. The lowest BCUT2D eigenvalue weighted by Crippen LogP contribution is -2.09. The fourth-order valence-corrected chi connectivity index (χ4v) is 2.56. The smallest absolute Gasteiger partial charge is 0.343 e. The van der Waals surface area contributed by atoms with E-state index in [0.29, 0.717) is 29.2 Å². The summed E-state index contributed by atoms with van der Waals surface area (Å²) in [5, 5.41) is 0. The number of carbonyl (C=O) groups is 2. The maximum absolute atomic E-state index is 12.3. The van der Waals surface area contributed by atoms with Crippen LogP contribution in [0.3, 0.4) is 0 Å². The third-order valence-electron chi connectivity index (χ3n) is 4.16. The molecule has 0 aliphatic rings. The molecule has 0 radical (unpaired) electrons. The number of carbonyl (C=O) groups excluding carboxylic acids is 2. The molecule has 0 spiro atoms. The molecule has 0 aliphatic carbocycles. The van der Waals surface area contributed by atoms with Crippen molar-refractivity contribution < 1.29 is 23.8 Å². The van der Waals surface area contributed by atoms with Crippen LogP contribution < -0.4 is 9.47 Å². The van der Waals surface area contributed by atoms with Gasteiger partial charge < -0.3 is 14.2 Å². The Morgan fingerprint density at radius 1 is 0.800 bits per heavy atom. The molecule has 3 rings (SSSR count). The van der Waals surface area contributed by atoms with Gasteiger partial charge in [0.25, 0.3) is 0 Å². The second-order valence-electron chi connectivity index (χ2n) is 6.21. The number of nitrogens with zero attached hydrogens (tertiary/aromatic N) is 1. The van der Waals surface area contributed by atoms with Gasteiger partial charge in [-0.2, -0.15) is 0 Å². The summed E-state index contributed by atoms with van der Waals surface area (Å²) in [6.45, 7) is 2.04. The maximum atomic E-state index is 12.3. The van der Waals surface area contributed by atoms with Gasteiger partial charge in [-0.25, -0.2) is 9.59 Å². The van der Waals surface area contributed by atoms with Gasteiger partial charge in [0, 0.05) is 6.21 Å². The summed E-state index contributed by atoms with van der Waals surface area (Å²) in [5.41, 5.74) is 2.44. The van der Waals surface area contributed by atoms with Crippen LogP contribution in [0.4, 0.5) is 5.69 Å². The topological polar surface area (TPSA) is 74.2 Å². The number of hydrogen-bond donors (Lipinski definition) is 0. The highest BCUT2D eigenvalue weighted by molar-refractivity contribution is 5.92. The van der Waals surface area contributed by atoms with Gasteiger partial charge in [-0.1, -0.05) is 0 Å². The molecule has 152 valence electrons. The third-order valence-corrected chi connectivity index (χ3v) is 4.16. The number of ether oxygens (including phenoxy) is 3. The number of rotatable bonds is 7. The van der Waals surface area contributed by atoms with Crippen LogP contribution in [0.25, 0.3) is 0 Å². The van der Waals surface area contributed by atoms with E-state index >= 15 is 0 Å². The summed E-state index contributed by atoms with van der Waals surface area (Å²) in [6.07, 6.45) is 1.73. The molecule has 0 atom stereocenters. The van der Waals surface area contributed by atoms with Gasteiger partial charge in [0.15, 0.2) is 0 Å². The van der Waals surface area contributed by atoms with E-state index in [0.717, 1.165) is 11.3 Å². The van der Waals surface area contributed by atoms with Gasteiger partial charge in [-0.05, 0) is 85.3 Å². The van der Waals surface area contributed by atoms with Gasteiger partial charge in [0.1, 0.15) is 11.5 Å². The first-order valence-electron chi connectivity index (χ1n) is 9.36. The number of benzene rings is 3. The Morgan fingerprint density at radius 3 is 1.97 bits per heavy atom. The van der Waals surface area contributed by atoms with Crippen LogP contribution in [0.1, 0.15) is 33.2 Å². The molecule has 0 amide bonds. The van der Waals surface area contributed by atoms with Crippen LogP contribution in [0, 0.1) is 0 Å². The first-order chi connectivity index (χ1) is 14.6. The Labute approximate surface area is 174 Å². The van der Waals surface area contributed by atoms with Crippen molar-refractivity contribution in [2.45, 2.75) is 6.92 Å². The summed E-state index contributed by atoms with van der Waals surface area (Å²) < 4.78 is 15.4. The highest BCUT2D eigenvalue weighted by Gasteiger charge is 2.10. The summed E-state index contributed by atoms with van der Waals surface area (Å²) >= 11 is 0. The van der Waals surface area contributed by atoms with Gasteiger partial charge >= 0.3 is 11.9 Å². The van der Waals surface area contributed by atoms with E-state index in [1.54, 1.807) is 68.8 Å². The summed E-state index contributed by atoms with van der Waals surface area (Å²) in [4.78, 5) is 28.4. The Balaban J connectivity index is 1.60. The molecule has 6 heteroatoms. The average molecular weight is 403 g/mol. The standard InChI is InChI=1S/C24H21NO5/c1-3-29-23(26)18-8-14-22(15-9-18)30-24(27)19-6-10-20(11-7-19)25-16-17-4-12-21(28-2)13-5-17/h4-16H,3H2,1-2H3. The van der Waals surface area contributed by atoms with Crippen molar-refractivity contribution in [2.75, 3.05) is 13.7 Å². The zero-order valence-corrected chi connectivity index (χ0v) is 16.7. The van der Waals surface area contributed by atoms with E-state index in [1.807, 2.05) is 24.3 Å². The molecule has 0 aliphatic heterocycles. The minimum atomic E-state index is -0.496. The first-order valence-corrected chi connectivity index (χ1v) is 9.36. The number of aliphatic imine (C=N–C) groups is 1. The van der Waals surface area contributed by atoms with Crippen molar-refractivity contribution in [1.29, 1.82) is 0 Å². The van der Waals surface area contributed by atoms with Gasteiger partial charge in [0.05, 0.1) is 30.5 Å². The van der Waals surface area contributed by atoms with Crippen LogP contribution in [0.15, 0.2) is 77.8 Å². The van der Waals surface area contributed by atoms with Crippen molar-refractivity contribution in [3.05, 3.63) is 89.5 Å². The summed E-state index contributed by atoms with van der Waals surface area (Å²) in [7, 11) is 1.62. The molecule has 30 heavy (non-hydrogen) atoms. The largest absolute Gasteiger partial charge is 0.497 e. The molecule has 0 saturated heterocycles. The Bertz CT molecular complexity index is 1020. The number of esters is 2. The molecule has 3 aromatic rings. The molecule has 0 unspecified atom stereocenters. The quantitative estimate of drug-likeness (QED) is 0.321. The predicted octanol–water partition coefficient (Wildman–Crippen LogP) is 4.84. The van der Waals surface area contributed by atoms with E-state index < -0.39 is 11.9 Å². The summed E-state index contributed by atoms with van der Waals surface area (Å²) in [5.74, 6) is 0.214. The van der Waals surface area contributed by atoms with Gasteiger partial charge in [-0.15, -0.1) is 0 Å². The number of methoxy groups -OCH3 is 1. The van der Waals surface area contributed by atoms with Crippen molar-refractivity contribution in [3.63, 3.8) is 0 Å². The Morgan fingerprint density at radius 2 is 1.37 bits per heavy atom. The summed E-state index contributed by atoms with van der Waals surface area (Å²) in [6, 6.07) is 20.5. The molecule has 0 fully saturated rings. The van der Waals surface area contributed by atoms with Crippen LogP contribution in [-0.4, -0.2) is 31.9 Å². The molecule has 0 saturated carbocycles.